The highest BCUT2D eigenvalue weighted by Crippen LogP contribution is 2.22. The van der Waals surface area contributed by atoms with Gasteiger partial charge in [-0.3, -0.25) is 0 Å². The molecule has 1 N–H and O–H groups in total. The number of nitrogens with one attached hydrogen (secondary N) is 1. The molecule has 1 rings (SSSR count). The van der Waals surface area contributed by atoms with Crippen molar-refractivity contribution in [1.82, 2.24) is 9.36 Å². The largest absolute Gasteiger partial charge is 0.360 e. The average molecular weight is 213 g/mol. The minimum Gasteiger partial charge on any atom is -0.360 e. The van der Waals surface area contributed by atoms with Gasteiger partial charge in [-0.2, -0.15) is 4.37 Å². The van der Waals surface area contributed by atoms with Crippen molar-refractivity contribution < 1.29 is 0 Å². The van der Waals surface area contributed by atoms with Gasteiger partial charge in [0.1, 0.15) is 5.82 Å². The number of hydrogen-bond donors (Lipinski definition) is 1. The standard InChI is InChI=1S/C10H19N3S/c1-7(2)6-11-9-12-8(13-14-9)10(3,4)5/h7H,6H2,1-5H3,(H,11,12,13). The van der Waals surface area contributed by atoms with Crippen LogP contribution in [0.25, 0.3) is 0 Å². The second-order valence-corrected chi connectivity index (χ2v) is 5.70. The van der Waals surface area contributed by atoms with E-state index in [2.05, 4.69) is 49.3 Å². The van der Waals surface area contributed by atoms with E-state index in [-0.39, 0.29) is 5.41 Å². The zero-order valence-corrected chi connectivity index (χ0v) is 10.4. The molecule has 0 aliphatic carbocycles. The molecule has 0 atom stereocenters. The van der Waals surface area contributed by atoms with Gasteiger partial charge in [0.15, 0.2) is 0 Å². The fraction of sp³-hybridized carbons (Fsp3) is 0.800. The average Bonchev–Trinajstić information content (AvgIpc) is 2.47. The topological polar surface area (TPSA) is 37.8 Å². The molecule has 0 bridgehead atoms. The van der Waals surface area contributed by atoms with Crippen LogP contribution in [0, 0.1) is 5.92 Å². The Labute approximate surface area is 90.1 Å². The van der Waals surface area contributed by atoms with Gasteiger partial charge in [-0.1, -0.05) is 34.6 Å². The zero-order valence-electron chi connectivity index (χ0n) is 9.59. The molecule has 0 amide bonds. The van der Waals surface area contributed by atoms with E-state index in [1.165, 1.54) is 11.5 Å². The normalized spacial score (nSPS) is 12.1. The Kier molecular flexibility index (Phi) is 3.48. The zero-order chi connectivity index (χ0) is 10.8. The smallest absolute Gasteiger partial charge is 0.202 e. The summed E-state index contributed by atoms with van der Waals surface area (Å²) >= 11 is 1.45. The van der Waals surface area contributed by atoms with Crippen LogP contribution in [-0.4, -0.2) is 15.9 Å². The van der Waals surface area contributed by atoms with Crippen LogP contribution >= 0.6 is 11.5 Å². The third-order valence-corrected chi connectivity index (χ3v) is 2.43. The third kappa shape index (κ3) is 3.25. The maximum atomic E-state index is 4.45. The van der Waals surface area contributed by atoms with Crippen LogP contribution in [0.2, 0.25) is 0 Å². The number of nitrogens with zero attached hydrogens (tertiary/aromatic N) is 2. The van der Waals surface area contributed by atoms with E-state index in [0.29, 0.717) is 5.92 Å². The Morgan fingerprint density at radius 2 is 2.00 bits per heavy atom. The molecular formula is C10H19N3S. The van der Waals surface area contributed by atoms with E-state index in [0.717, 1.165) is 17.5 Å². The summed E-state index contributed by atoms with van der Waals surface area (Å²) in [7, 11) is 0. The first-order valence-corrected chi connectivity index (χ1v) is 5.75. The summed E-state index contributed by atoms with van der Waals surface area (Å²) in [5.41, 5.74) is 0.0499. The monoisotopic (exact) mass is 213 g/mol. The summed E-state index contributed by atoms with van der Waals surface area (Å²) in [4.78, 5) is 4.45. The minimum absolute atomic E-state index is 0.0499. The fourth-order valence-corrected chi connectivity index (χ4v) is 1.65. The van der Waals surface area contributed by atoms with E-state index in [1.807, 2.05) is 0 Å². The van der Waals surface area contributed by atoms with Crippen molar-refractivity contribution in [3.05, 3.63) is 5.82 Å². The van der Waals surface area contributed by atoms with E-state index in [9.17, 15) is 0 Å². The highest BCUT2D eigenvalue weighted by Gasteiger charge is 2.19. The van der Waals surface area contributed by atoms with Crippen LogP contribution in [0.4, 0.5) is 5.13 Å². The van der Waals surface area contributed by atoms with Crippen molar-refractivity contribution in [3.63, 3.8) is 0 Å². The van der Waals surface area contributed by atoms with Crippen molar-refractivity contribution in [2.24, 2.45) is 5.92 Å². The predicted molar refractivity (Wildman–Crippen MR) is 61.9 cm³/mol. The molecule has 1 heterocycles. The molecule has 0 saturated heterocycles. The van der Waals surface area contributed by atoms with Crippen LogP contribution in [-0.2, 0) is 5.41 Å². The van der Waals surface area contributed by atoms with Gasteiger partial charge in [-0.25, -0.2) is 4.98 Å². The van der Waals surface area contributed by atoms with Crippen LogP contribution in [0.3, 0.4) is 0 Å². The van der Waals surface area contributed by atoms with Gasteiger partial charge in [0.25, 0.3) is 0 Å². The molecule has 80 valence electrons. The first-order valence-electron chi connectivity index (χ1n) is 4.97. The highest BCUT2D eigenvalue weighted by atomic mass is 32.1. The maximum absolute atomic E-state index is 4.45. The first kappa shape index (κ1) is 11.4. The lowest BCUT2D eigenvalue weighted by Gasteiger charge is -2.12. The van der Waals surface area contributed by atoms with Crippen LogP contribution in [0.1, 0.15) is 40.4 Å². The second kappa shape index (κ2) is 4.26. The summed E-state index contributed by atoms with van der Waals surface area (Å²) in [6, 6.07) is 0. The lowest BCUT2D eigenvalue weighted by molar-refractivity contribution is 0.555. The van der Waals surface area contributed by atoms with Crippen molar-refractivity contribution >= 4 is 16.7 Å². The molecule has 1 aromatic rings. The van der Waals surface area contributed by atoms with Crippen molar-refractivity contribution in [2.75, 3.05) is 11.9 Å². The molecule has 0 aliphatic rings. The Morgan fingerprint density at radius 3 is 2.43 bits per heavy atom. The molecule has 0 fully saturated rings. The molecule has 4 heteroatoms. The number of aromatic nitrogens is 2. The van der Waals surface area contributed by atoms with E-state index in [1.54, 1.807) is 0 Å². The Bertz CT molecular complexity index is 286. The van der Waals surface area contributed by atoms with Gasteiger partial charge in [0, 0.05) is 23.5 Å². The van der Waals surface area contributed by atoms with Crippen LogP contribution in [0.5, 0.6) is 0 Å². The molecule has 0 saturated carbocycles. The fourth-order valence-electron chi connectivity index (χ4n) is 0.891. The lowest BCUT2D eigenvalue weighted by atomic mass is 9.96. The van der Waals surface area contributed by atoms with Gasteiger partial charge in [-0.05, 0) is 5.92 Å². The van der Waals surface area contributed by atoms with Gasteiger partial charge in [-0.15, -0.1) is 0 Å². The molecule has 3 nitrogen and oxygen atoms in total. The number of hydrogen-bond acceptors (Lipinski definition) is 4. The summed E-state index contributed by atoms with van der Waals surface area (Å²) in [5.74, 6) is 1.56. The maximum Gasteiger partial charge on any atom is 0.202 e. The minimum atomic E-state index is 0.0499. The highest BCUT2D eigenvalue weighted by molar-refractivity contribution is 7.09. The van der Waals surface area contributed by atoms with Gasteiger partial charge in [0.05, 0.1) is 0 Å². The van der Waals surface area contributed by atoms with E-state index >= 15 is 0 Å². The quantitative estimate of drug-likeness (QED) is 0.839. The number of anilines is 1. The SMILES string of the molecule is CC(C)CNc1nc(C(C)(C)C)ns1. The van der Waals surface area contributed by atoms with E-state index < -0.39 is 0 Å². The molecule has 0 aromatic carbocycles. The number of rotatable bonds is 3. The molecule has 0 aliphatic heterocycles. The predicted octanol–water partition coefficient (Wildman–Crippen LogP) is 2.90. The molecule has 1 aromatic heterocycles. The Balaban J connectivity index is 2.60. The van der Waals surface area contributed by atoms with Gasteiger partial charge >= 0.3 is 0 Å². The van der Waals surface area contributed by atoms with E-state index in [4.69, 9.17) is 0 Å². The molecule has 14 heavy (non-hydrogen) atoms. The van der Waals surface area contributed by atoms with Crippen molar-refractivity contribution in [1.29, 1.82) is 0 Å². The molecule has 0 spiro atoms. The summed E-state index contributed by atoms with van der Waals surface area (Å²) in [5, 5.41) is 4.22. The van der Waals surface area contributed by atoms with Crippen molar-refractivity contribution in [2.45, 2.75) is 40.0 Å². The van der Waals surface area contributed by atoms with Gasteiger partial charge in [0.2, 0.25) is 5.13 Å². The first-order chi connectivity index (χ1) is 6.39. The Morgan fingerprint density at radius 1 is 1.36 bits per heavy atom. The summed E-state index contributed by atoms with van der Waals surface area (Å²) in [6.07, 6.45) is 0. The molecular weight excluding hydrogens is 194 g/mol. The molecule has 0 radical (unpaired) electrons. The molecule has 0 unspecified atom stereocenters. The summed E-state index contributed by atoms with van der Waals surface area (Å²) in [6.45, 7) is 11.7. The van der Waals surface area contributed by atoms with Crippen molar-refractivity contribution in [3.8, 4) is 0 Å². The second-order valence-electron chi connectivity index (χ2n) is 4.95. The third-order valence-electron chi connectivity index (χ3n) is 1.76. The van der Waals surface area contributed by atoms with Crippen LogP contribution in [0.15, 0.2) is 0 Å². The Hall–Kier alpha value is -0.640. The lowest BCUT2D eigenvalue weighted by Crippen LogP contribution is -2.13. The van der Waals surface area contributed by atoms with Crippen LogP contribution < -0.4 is 5.32 Å². The summed E-state index contributed by atoms with van der Waals surface area (Å²) < 4.78 is 4.33. The van der Waals surface area contributed by atoms with Gasteiger partial charge < -0.3 is 5.32 Å².